The minimum absolute atomic E-state index is 0.0240. The zero-order chi connectivity index (χ0) is 19.4. The van der Waals surface area contributed by atoms with Crippen molar-refractivity contribution in [2.75, 3.05) is 6.79 Å². The highest BCUT2D eigenvalue weighted by Crippen LogP contribution is 2.39. The minimum Gasteiger partial charge on any atom is -0.504 e. The number of hydrogen-bond donors (Lipinski definition) is 1. The Morgan fingerprint density at radius 3 is 2.67 bits per heavy atom. The summed E-state index contributed by atoms with van der Waals surface area (Å²) < 4.78 is 15.7. The molecule has 0 aromatic heterocycles. The fourth-order valence-corrected chi connectivity index (χ4v) is 2.89. The first-order valence-corrected chi connectivity index (χ1v) is 8.27. The van der Waals surface area contributed by atoms with Crippen LogP contribution in [0.15, 0.2) is 42.5 Å². The first-order valence-electron chi connectivity index (χ1n) is 8.27. The van der Waals surface area contributed by atoms with E-state index in [0.717, 1.165) is 0 Å². The molecule has 0 spiro atoms. The van der Waals surface area contributed by atoms with Crippen molar-refractivity contribution in [3.05, 3.63) is 48.0 Å². The predicted octanol–water partition coefficient (Wildman–Crippen LogP) is 2.86. The van der Waals surface area contributed by atoms with Crippen molar-refractivity contribution < 1.29 is 28.9 Å². The molecule has 0 amide bonds. The number of fused-ring (bicyclic) bond motifs is 1. The van der Waals surface area contributed by atoms with Crippen molar-refractivity contribution in [2.45, 2.75) is 25.2 Å². The number of phenolic OH excluding ortho intramolecular Hbond substituents is 1. The largest absolute Gasteiger partial charge is 0.504 e. The quantitative estimate of drug-likeness (QED) is 0.618. The van der Waals surface area contributed by atoms with Gasteiger partial charge in [0.25, 0.3) is 0 Å². The van der Waals surface area contributed by atoms with Gasteiger partial charge in [-0.05, 0) is 43.2 Å². The predicted molar refractivity (Wildman–Crippen MR) is 93.5 cm³/mol. The van der Waals surface area contributed by atoms with Gasteiger partial charge >= 0.3 is 5.97 Å². The summed E-state index contributed by atoms with van der Waals surface area (Å²) in [5.74, 6) is -0.202. The molecular weight excluding hydrogens is 350 g/mol. The number of para-hydroxylation sites is 2. The Hall–Kier alpha value is -3.53. The molecule has 0 aliphatic carbocycles. The fraction of sp³-hybridized carbons (Fsp3) is 0.250. The lowest BCUT2D eigenvalue weighted by atomic mass is 9.75. The topological polar surface area (TPSA) is 106 Å². The van der Waals surface area contributed by atoms with Gasteiger partial charge in [-0.1, -0.05) is 18.2 Å². The maximum atomic E-state index is 12.3. The molecule has 1 atom stereocenters. The van der Waals surface area contributed by atoms with Crippen LogP contribution in [0.25, 0.3) is 0 Å². The number of carbonyl (C=O) groups excluding carboxylic acids is 2. The van der Waals surface area contributed by atoms with Crippen LogP contribution in [-0.2, 0) is 15.0 Å². The van der Waals surface area contributed by atoms with Gasteiger partial charge in [0.15, 0.2) is 28.8 Å². The summed E-state index contributed by atoms with van der Waals surface area (Å²) in [6, 6.07) is 12.9. The van der Waals surface area contributed by atoms with Crippen LogP contribution in [0.3, 0.4) is 0 Å². The number of nitrogens with zero attached hydrogens (tertiary/aromatic N) is 1. The highest BCUT2D eigenvalue weighted by atomic mass is 16.7. The summed E-state index contributed by atoms with van der Waals surface area (Å²) in [7, 11) is 0. The average Bonchev–Trinajstić information content (AvgIpc) is 3.12. The van der Waals surface area contributed by atoms with E-state index in [9.17, 15) is 20.0 Å². The summed E-state index contributed by atoms with van der Waals surface area (Å²) in [4.78, 5) is 24.5. The molecule has 27 heavy (non-hydrogen) atoms. The highest BCUT2D eigenvalue weighted by molar-refractivity contribution is 5.92. The van der Waals surface area contributed by atoms with E-state index in [1.54, 1.807) is 30.3 Å². The number of ketones is 1. The first-order chi connectivity index (χ1) is 13.0. The van der Waals surface area contributed by atoms with Crippen LogP contribution in [0.5, 0.6) is 23.0 Å². The van der Waals surface area contributed by atoms with E-state index in [-0.39, 0.29) is 36.9 Å². The Bertz CT molecular complexity index is 932. The molecule has 7 nitrogen and oxygen atoms in total. The number of aromatic hydroxyl groups is 1. The summed E-state index contributed by atoms with van der Waals surface area (Å²) in [5.41, 5.74) is -1.09. The molecule has 7 heteroatoms. The number of nitriles is 1. The van der Waals surface area contributed by atoms with Crippen LogP contribution in [0.2, 0.25) is 0 Å². The average molecular weight is 367 g/mol. The van der Waals surface area contributed by atoms with Crippen molar-refractivity contribution in [1.29, 1.82) is 5.26 Å². The normalized spacial score (nSPS) is 14.1. The van der Waals surface area contributed by atoms with Gasteiger partial charge in [0.2, 0.25) is 6.79 Å². The summed E-state index contributed by atoms with van der Waals surface area (Å²) in [5, 5.41) is 19.4. The molecule has 1 heterocycles. The maximum Gasteiger partial charge on any atom is 0.311 e. The molecule has 0 fully saturated rings. The zero-order valence-corrected chi connectivity index (χ0v) is 14.6. The highest BCUT2D eigenvalue weighted by Gasteiger charge is 2.39. The molecule has 3 rings (SSSR count). The Kier molecular flexibility index (Phi) is 4.99. The van der Waals surface area contributed by atoms with E-state index in [0.29, 0.717) is 17.1 Å². The second kappa shape index (κ2) is 7.38. The molecule has 0 unspecified atom stereocenters. The van der Waals surface area contributed by atoms with Gasteiger partial charge in [0, 0.05) is 6.42 Å². The van der Waals surface area contributed by atoms with Crippen molar-refractivity contribution >= 4 is 11.8 Å². The third kappa shape index (κ3) is 3.55. The number of phenols is 1. The maximum absolute atomic E-state index is 12.3. The zero-order valence-electron chi connectivity index (χ0n) is 14.6. The molecule has 0 saturated carbocycles. The van der Waals surface area contributed by atoms with Gasteiger partial charge in [0.1, 0.15) is 5.41 Å². The van der Waals surface area contributed by atoms with Gasteiger partial charge in [0.05, 0.1) is 6.07 Å². The molecule has 0 saturated heterocycles. The lowest BCUT2D eigenvalue weighted by Gasteiger charge is -2.24. The van der Waals surface area contributed by atoms with Crippen LogP contribution in [0, 0.1) is 11.3 Å². The molecule has 1 aliphatic heterocycles. The molecule has 138 valence electrons. The molecular formula is C20H17NO6. The van der Waals surface area contributed by atoms with E-state index < -0.39 is 11.4 Å². The van der Waals surface area contributed by atoms with Crippen molar-refractivity contribution in [1.82, 2.24) is 0 Å². The van der Waals surface area contributed by atoms with Crippen LogP contribution in [-0.4, -0.2) is 23.7 Å². The SMILES string of the molecule is CC(=O)[C@](C#N)(CCC(=O)Oc1ccccc1O)c1ccc2c(c1)OCO2. The Labute approximate surface area is 155 Å². The number of benzene rings is 2. The molecule has 1 aliphatic rings. The number of rotatable bonds is 6. The summed E-state index contributed by atoms with van der Waals surface area (Å²) in [6.45, 7) is 1.38. The van der Waals surface area contributed by atoms with E-state index >= 15 is 0 Å². The van der Waals surface area contributed by atoms with E-state index in [4.69, 9.17) is 14.2 Å². The molecule has 2 aromatic carbocycles. The lowest BCUT2D eigenvalue weighted by Crippen LogP contribution is -2.33. The number of Topliss-reactive ketones (excluding diaryl/α,β-unsaturated/α-hetero) is 1. The lowest BCUT2D eigenvalue weighted by molar-refractivity contribution is -0.135. The van der Waals surface area contributed by atoms with Crippen LogP contribution < -0.4 is 14.2 Å². The number of hydrogen-bond acceptors (Lipinski definition) is 7. The van der Waals surface area contributed by atoms with E-state index in [2.05, 4.69) is 6.07 Å². The minimum atomic E-state index is -1.52. The molecule has 0 radical (unpaired) electrons. The molecule has 1 N–H and O–H groups in total. The van der Waals surface area contributed by atoms with Gasteiger partial charge in [-0.25, -0.2) is 0 Å². The van der Waals surface area contributed by atoms with Crippen molar-refractivity contribution in [3.63, 3.8) is 0 Å². The second-order valence-corrected chi connectivity index (χ2v) is 6.08. The second-order valence-electron chi connectivity index (χ2n) is 6.08. The number of esters is 1. The Morgan fingerprint density at radius 1 is 1.22 bits per heavy atom. The summed E-state index contributed by atoms with van der Waals surface area (Å²) in [6.07, 6.45) is -0.249. The first kappa shape index (κ1) is 18.3. The van der Waals surface area contributed by atoms with Crippen molar-refractivity contribution in [3.8, 4) is 29.1 Å². The third-order valence-corrected chi connectivity index (χ3v) is 4.45. The molecule has 0 bridgehead atoms. The smallest absolute Gasteiger partial charge is 0.311 e. The van der Waals surface area contributed by atoms with Crippen LogP contribution in [0.4, 0.5) is 0 Å². The standard InChI is InChI=1S/C20H17NO6/c1-13(22)20(11-21,14-6-7-17-18(10-14)26-12-25-17)9-8-19(24)27-16-5-3-2-4-15(16)23/h2-7,10,23H,8-9,12H2,1H3/t20-/m1/s1. The van der Waals surface area contributed by atoms with Crippen LogP contribution in [0.1, 0.15) is 25.3 Å². The van der Waals surface area contributed by atoms with E-state index in [1.807, 2.05) is 0 Å². The van der Waals surface area contributed by atoms with Gasteiger partial charge < -0.3 is 19.3 Å². The monoisotopic (exact) mass is 367 g/mol. The van der Waals surface area contributed by atoms with Gasteiger partial charge in [-0.3, -0.25) is 9.59 Å². The fourth-order valence-electron chi connectivity index (χ4n) is 2.89. The Balaban J connectivity index is 1.79. The summed E-state index contributed by atoms with van der Waals surface area (Å²) >= 11 is 0. The van der Waals surface area contributed by atoms with Gasteiger partial charge in [-0.2, -0.15) is 5.26 Å². The Morgan fingerprint density at radius 2 is 1.96 bits per heavy atom. The molecule has 2 aromatic rings. The van der Waals surface area contributed by atoms with Gasteiger partial charge in [-0.15, -0.1) is 0 Å². The number of ether oxygens (including phenoxy) is 3. The van der Waals surface area contributed by atoms with Crippen molar-refractivity contribution in [2.24, 2.45) is 0 Å². The van der Waals surface area contributed by atoms with Crippen LogP contribution >= 0.6 is 0 Å². The van der Waals surface area contributed by atoms with E-state index in [1.165, 1.54) is 19.1 Å². The number of carbonyl (C=O) groups is 2. The third-order valence-electron chi connectivity index (χ3n) is 4.45.